The van der Waals surface area contributed by atoms with Crippen molar-refractivity contribution in [3.05, 3.63) is 22.2 Å². The molecule has 4 nitrogen and oxygen atoms in total. The van der Waals surface area contributed by atoms with Crippen molar-refractivity contribution in [1.29, 1.82) is 0 Å². The first-order valence-electron chi connectivity index (χ1n) is 10.6. The van der Waals surface area contributed by atoms with Gasteiger partial charge in [0.1, 0.15) is 0 Å². The number of rotatable bonds is 6. The highest BCUT2D eigenvalue weighted by molar-refractivity contribution is 9.10. The molecule has 3 rings (SSSR count). The Morgan fingerprint density at radius 3 is 2.52 bits per heavy atom. The van der Waals surface area contributed by atoms with E-state index >= 15 is 0 Å². The van der Waals surface area contributed by atoms with Crippen LogP contribution in [0.4, 0.5) is 11.4 Å². The molecular weight excluding hydrogens is 402 g/mol. The molecule has 1 aliphatic carbocycles. The fourth-order valence-electron chi connectivity index (χ4n) is 4.59. The van der Waals surface area contributed by atoms with Crippen molar-refractivity contribution >= 4 is 27.3 Å². The predicted molar refractivity (Wildman–Crippen MR) is 118 cm³/mol. The highest BCUT2D eigenvalue weighted by Crippen LogP contribution is 2.37. The van der Waals surface area contributed by atoms with Crippen LogP contribution in [0.3, 0.4) is 0 Å². The van der Waals surface area contributed by atoms with Crippen LogP contribution < -0.4 is 11.1 Å². The molecule has 27 heavy (non-hydrogen) atoms. The van der Waals surface area contributed by atoms with E-state index in [0.29, 0.717) is 17.7 Å². The van der Waals surface area contributed by atoms with Crippen LogP contribution in [0.25, 0.3) is 0 Å². The molecule has 0 bridgehead atoms. The molecule has 0 atom stereocenters. The van der Waals surface area contributed by atoms with Crippen LogP contribution in [0, 0.1) is 6.92 Å². The van der Waals surface area contributed by atoms with Crippen LogP contribution in [-0.2, 0) is 4.74 Å². The molecule has 0 amide bonds. The molecule has 1 aromatic rings. The number of anilines is 2. The zero-order valence-electron chi connectivity index (χ0n) is 17.2. The monoisotopic (exact) mass is 437 g/mol. The topological polar surface area (TPSA) is 50.5 Å². The number of ether oxygens (including phenoxy) is 1. The third-order valence-corrected chi connectivity index (χ3v) is 7.37. The van der Waals surface area contributed by atoms with Gasteiger partial charge >= 0.3 is 0 Å². The molecule has 0 unspecified atom stereocenters. The van der Waals surface area contributed by atoms with Crippen molar-refractivity contribution in [2.75, 3.05) is 30.7 Å². The average molecular weight is 438 g/mol. The molecular formula is C22H36BrN3O. The lowest BCUT2D eigenvalue weighted by Gasteiger charge is -2.48. The molecule has 2 fully saturated rings. The van der Waals surface area contributed by atoms with Gasteiger partial charge in [0.05, 0.1) is 17.5 Å². The lowest BCUT2D eigenvalue weighted by atomic mass is 9.79. The summed E-state index contributed by atoms with van der Waals surface area (Å²) < 4.78 is 7.10. The number of hydrogen-bond donors (Lipinski definition) is 2. The summed E-state index contributed by atoms with van der Waals surface area (Å²) >= 11 is 3.62. The van der Waals surface area contributed by atoms with E-state index in [-0.39, 0.29) is 0 Å². The Kier molecular flexibility index (Phi) is 7.09. The van der Waals surface area contributed by atoms with Crippen LogP contribution >= 0.6 is 15.9 Å². The Hall–Kier alpha value is -0.780. The molecule has 0 radical (unpaired) electrons. The minimum atomic E-state index is 0.350. The predicted octanol–water partition coefficient (Wildman–Crippen LogP) is 5.34. The van der Waals surface area contributed by atoms with E-state index in [9.17, 15) is 0 Å². The summed E-state index contributed by atoms with van der Waals surface area (Å²) in [6.45, 7) is 9.98. The highest BCUT2D eigenvalue weighted by atomic mass is 79.9. The minimum absolute atomic E-state index is 0.350. The zero-order chi connectivity index (χ0) is 19.4. The number of nitrogens with zero attached hydrogens (tertiary/aromatic N) is 1. The first-order valence-corrected chi connectivity index (χ1v) is 11.4. The lowest BCUT2D eigenvalue weighted by molar-refractivity contribution is -0.0277. The highest BCUT2D eigenvalue weighted by Gasteiger charge is 2.38. The third kappa shape index (κ3) is 5.18. The Balaban J connectivity index is 1.50. The largest absolute Gasteiger partial charge is 0.397 e. The second-order valence-corrected chi connectivity index (χ2v) is 9.52. The number of likely N-dealkylation sites (tertiary alicyclic amines) is 1. The molecule has 1 saturated heterocycles. The van der Waals surface area contributed by atoms with Gasteiger partial charge in [-0.1, -0.05) is 22.9 Å². The molecule has 2 aliphatic rings. The van der Waals surface area contributed by atoms with Crippen LogP contribution in [0.2, 0.25) is 0 Å². The fourth-order valence-corrected chi connectivity index (χ4v) is 4.94. The molecule has 5 heteroatoms. The van der Waals surface area contributed by atoms with E-state index in [4.69, 9.17) is 10.5 Å². The summed E-state index contributed by atoms with van der Waals surface area (Å²) in [7, 11) is 0. The first-order chi connectivity index (χ1) is 12.9. The normalized spacial score (nSPS) is 27.6. The van der Waals surface area contributed by atoms with E-state index in [1.807, 2.05) is 6.07 Å². The number of nitrogens with two attached hydrogens (primary N) is 1. The maximum absolute atomic E-state index is 6.21. The molecule has 1 saturated carbocycles. The van der Waals surface area contributed by atoms with Crippen molar-refractivity contribution < 1.29 is 4.74 Å². The van der Waals surface area contributed by atoms with Gasteiger partial charge in [-0.3, -0.25) is 4.90 Å². The van der Waals surface area contributed by atoms with E-state index in [2.05, 4.69) is 53.0 Å². The van der Waals surface area contributed by atoms with Crippen LogP contribution in [0.1, 0.15) is 64.4 Å². The number of benzene rings is 1. The number of nitrogen functional groups attached to an aromatic ring is 1. The summed E-state index contributed by atoms with van der Waals surface area (Å²) in [6, 6.07) is 4.67. The summed E-state index contributed by atoms with van der Waals surface area (Å²) in [4.78, 5) is 2.73. The quantitative estimate of drug-likeness (QED) is 0.589. The lowest BCUT2D eigenvalue weighted by Crippen LogP contribution is -2.53. The Bertz CT molecular complexity index is 620. The number of hydrogen-bond acceptors (Lipinski definition) is 4. The zero-order valence-corrected chi connectivity index (χ0v) is 18.8. The summed E-state index contributed by atoms with van der Waals surface area (Å²) in [6.07, 6.45) is 8.91. The minimum Gasteiger partial charge on any atom is -0.397 e. The molecule has 3 N–H and O–H groups in total. The Morgan fingerprint density at radius 2 is 1.89 bits per heavy atom. The van der Waals surface area contributed by atoms with Gasteiger partial charge in [-0.2, -0.15) is 0 Å². The standard InChI is InChI=1S/C22H36BrN3O/c1-4-13-27-18-5-9-22(3,10-6-18)26-11-7-17(8-12-26)25-21-15-19(23)16(2)14-20(21)24/h14-15,17-18,25H,4-13,24H2,1-3H3/t18-,22-. The van der Waals surface area contributed by atoms with Gasteiger partial charge in [0.15, 0.2) is 0 Å². The van der Waals surface area contributed by atoms with Gasteiger partial charge in [-0.15, -0.1) is 0 Å². The maximum Gasteiger partial charge on any atom is 0.0587 e. The van der Waals surface area contributed by atoms with Crippen molar-refractivity contribution in [3.8, 4) is 0 Å². The Morgan fingerprint density at radius 1 is 1.22 bits per heavy atom. The van der Waals surface area contributed by atoms with Gasteiger partial charge in [-0.05, 0) is 76.5 Å². The fraction of sp³-hybridized carbons (Fsp3) is 0.727. The van der Waals surface area contributed by atoms with Gasteiger partial charge in [0.2, 0.25) is 0 Å². The van der Waals surface area contributed by atoms with Crippen molar-refractivity contribution in [2.45, 2.75) is 83.4 Å². The molecule has 0 spiro atoms. The van der Waals surface area contributed by atoms with Gasteiger partial charge in [0.25, 0.3) is 0 Å². The van der Waals surface area contributed by atoms with Crippen LogP contribution in [0.15, 0.2) is 16.6 Å². The number of piperidine rings is 1. The smallest absolute Gasteiger partial charge is 0.0587 e. The maximum atomic E-state index is 6.21. The summed E-state index contributed by atoms with van der Waals surface area (Å²) in [5.74, 6) is 0. The summed E-state index contributed by atoms with van der Waals surface area (Å²) in [5.41, 5.74) is 9.65. The van der Waals surface area contributed by atoms with E-state index < -0.39 is 0 Å². The number of nitrogens with one attached hydrogen (secondary N) is 1. The van der Waals surface area contributed by atoms with Crippen molar-refractivity contribution in [3.63, 3.8) is 0 Å². The van der Waals surface area contributed by atoms with Crippen molar-refractivity contribution in [1.82, 2.24) is 4.90 Å². The van der Waals surface area contributed by atoms with Gasteiger partial charge < -0.3 is 15.8 Å². The second-order valence-electron chi connectivity index (χ2n) is 8.66. The molecule has 152 valence electrons. The molecule has 1 heterocycles. The first kappa shape index (κ1) is 20.9. The van der Waals surface area contributed by atoms with E-state index in [1.165, 1.54) is 57.2 Å². The third-order valence-electron chi connectivity index (χ3n) is 6.52. The average Bonchev–Trinajstić information content (AvgIpc) is 2.66. The Labute approximate surface area is 173 Å². The second kappa shape index (κ2) is 9.15. The van der Waals surface area contributed by atoms with Gasteiger partial charge in [-0.25, -0.2) is 0 Å². The van der Waals surface area contributed by atoms with Crippen molar-refractivity contribution in [2.24, 2.45) is 0 Å². The van der Waals surface area contributed by atoms with E-state index in [0.717, 1.165) is 28.9 Å². The van der Waals surface area contributed by atoms with E-state index in [1.54, 1.807) is 0 Å². The molecule has 1 aliphatic heterocycles. The molecule has 1 aromatic carbocycles. The van der Waals surface area contributed by atoms with Gasteiger partial charge in [0, 0.05) is 35.7 Å². The SMILES string of the molecule is CCCO[C@H]1CC[C@](C)(N2CCC(Nc3cc(Br)c(C)cc3N)CC2)CC1. The number of halogens is 1. The summed E-state index contributed by atoms with van der Waals surface area (Å²) in [5, 5.41) is 3.68. The van der Waals surface area contributed by atoms with Crippen LogP contribution in [-0.4, -0.2) is 42.3 Å². The number of aryl methyl sites for hydroxylation is 1. The van der Waals surface area contributed by atoms with Crippen LogP contribution in [0.5, 0.6) is 0 Å². The molecule has 0 aromatic heterocycles.